The summed E-state index contributed by atoms with van der Waals surface area (Å²) in [5.41, 5.74) is 4.72. The zero-order valence-corrected chi connectivity index (χ0v) is 18.2. The van der Waals surface area contributed by atoms with Crippen LogP contribution in [0.2, 0.25) is 0 Å². The van der Waals surface area contributed by atoms with E-state index < -0.39 is 0 Å². The average Bonchev–Trinajstić information content (AvgIpc) is 2.78. The van der Waals surface area contributed by atoms with Crippen LogP contribution in [-0.4, -0.2) is 26.3 Å². The molecule has 3 aromatic carbocycles. The Bertz CT molecular complexity index is 1040. The first-order valence-corrected chi connectivity index (χ1v) is 9.91. The zero-order valence-electron chi connectivity index (χ0n) is 16.6. The lowest BCUT2D eigenvalue weighted by atomic mass is 10.2. The topological polar surface area (TPSA) is 69.2 Å². The third-order valence-electron chi connectivity index (χ3n) is 4.24. The van der Waals surface area contributed by atoms with Crippen LogP contribution >= 0.6 is 15.9 Å². The fraction of sp³-hybridized carbons (Fsp3) is 0.130. The minimum atomic E-state index is -0.361. The maximum Gasteiger partial charge on any atom is 0.271 e. The minimum Gasteiger partial charge on any atom is -0.493 e. The highest BCUT2D eigenvalue weighted by Gasteiger charge is 2.10. The van der Waals surface area contributed by atoms with E-state index in [1.807, 2.05) is 48.5 Å². The van der Waals surface area contributed by atoms with Gasteiger partial charge in [0.05, 0.1) is 20.4 Å². The van der Waals surface area contributed by atoms with Crippen LogP contribution in [0.3, 0.4) is 0 Å². The fourth-order valence-corrected chi connectivity index (χ4v) is 2.93. The average molecular weight is 469 g/mol. The largest absolute Gasteiger partial charge is 0.493 e. The van der Waals surface area contributed by atoms with Crippen LogP contribution in [0.4, 0.5) is 0 Å². The molecule has 7 heteroatoms. The van der Waals surface area contributed by atoms with Crippen molar-refractivity contribution in [2.45, 2.75) is 6.61 Å². The molecule has 1 N–H and O–H groups in total. The van der Waals surface area contributed by atoms with Gasteiger partial charge in [-0.15, -0.1) is 0 Å². The second-order valence-corrected chi connectivity index (χ2v) is 7.14. The Morgan fingerprint density at radius 2 is 1.70 bits per heavy atom. The highest BCUT2D eigenvalue weighted by atomic mass is 79.9. The number of rotatable bonds is 8. The van der Waals surface area contributed by atoms with E-state index in [1.54, 1.807) is 24.4 Å². The van der Waals surface area contributed by atoms with Crippen LogP contribution in [0, 0.1) is 0 Å². The van der Waals surface area contributed by atoms with Gasteiger partial charge < -0.3 is 14.2 Å². The first-order valence-electron chi connectivity index (χ1n) is 9.12. The number of benzene rings is 3. The van der Waals surface area contributed by atoms with Crippen LogP contribution in [0.1, 0.15) is 21.5 Å². The number of ether oxygens (including phenoxy) is 3. The highest BCUT2D eigenvalue weighted by molar-refractivity contribution is 9.10. The molecule has 3 rings (SSSR count). The molecule has 0 saturated carbocycles. The molecule has 0 radical (unpaired) electrons. The van der Waals surface area contributed by atoms with E-state index in [-0.39, 0.29) is 5.91 Å². The molecule has 3 aromatic rings. The van der Waals surface area contributed by atoms with E-state index in [0.717, 1.165) is 15.6 Å². The molecule has 30 heavy (non-hydrogen) atoms. The maximum absolute atomic E-state index is 12.4. The zero-order chi connectivity index (χ0) is 21.3. The van der Waals surface area contributed by atoms with Crippen molar-refractivity contribution in [3.05, 3.63) is 87.9 Å². The van der Waals surface area contributed by atoms with Gasteiger partial charge in [-0.05, 0) is 48.0 Å². The summed E-state index contributed by atoms with van der Waals surface area (Å²) < 4.78 is 17.3. The van der Waals surface area contributed by atoms with Gasteiger partial charge in [0, 0.05) is 15.6 Å². The number of hydrazone groups is 1. The van der Waals surface area contributed by atoms with Crippen molar-refractivity contribution in [2.75, 3.05) is 14.2 Å². The summed E-state index contributed by atoms with van der Waals surface area (Å²) in [7, 11) is 3.06. The highest BCUT2D eigenvalue weighted by Crippen LogP contribution is 2.27. The Morgan fingerprint density at radius 3 is 2.43 bits per heavy atom. The summed E-state index contributed by atoms with van der Waals surface area (Å²) >= 11 is 3.42. The van der Waals surface area contributed by atoms with Crippen LogP contribution in [0.25, 0.3) is 0 Å². The van der Waals surface area contributed by atoms with Crippen molar-refractivity contribution in [3.63, 3.8) is 0 Å². The summed E-state index contributed by atoms with van der Waals surface area (Å²) in [5.74, 6) is 1.33. The number of para-hydroxylation sites is 1. The van der Waals surface area contributed by atoms with E-state index in [1.165, 1.54) is 14.2 Å². The number of carbonyl (C=O) groups excluding carboxylic acids is 1. The van der Waals surface area contributed by atoms with Gasteiger partial charge in [0.15, 0.2) is 11.5 Å². The van der Waals surface area contributed by atoms with Crippen LogP contribution in [0.5, 0.6) is 17.2 Å². The van der Waals surface area contributed by atoms with E-state index in [9.17, 15) is 4.79 Å². The molecular formula is C23H21BrN2O4. The van der Waals surface area contributed by atoms with Gasteiger partial charge in [-0.25, -0.2) is 5.43 Å². The molecule has 0 fully saturated rings. The Labute approximate surface area is 183 Å². The van der Waals surface area contributed by atoms with Crippen LogP contribution < -0.4 is 19.6 Å². The summed E-state index contributed by atoms with van der Waals surface area (Å²) in [6, 6.07) is 20.3. The molecule has 0 heterocycles. The first-order chi connectivity index (χ1) is 14.6. The third kappa shape index (κ3) is 5.61. The monoisotopic (exact) mass is 468 g/mol. The molecule has 6 nitrogen and oxygen atoms in total. The number of nitrogens with zero attached hydrogens (tertiary/aromatic N) is 1. The van der Waals surface area contributed by atoms with Crippen molar-refractivity contribution in [3.8, 4) is 17.2 Å². The summed E-state index contributed by atoms with van der Waals surface area (Å²) in [4.78, 5) is 12.4. The molecule has 0 unspecified atom stereocenters. The predicted octanol–water partition coefficient (Wildman–Crippen LogP) is 4.81. The SMILES string of the molecule is COc1ccc(C(=O)NN=Cc2ccccc2OCc2ccc(Br)cc2)cc1OC. The van der Waals surface area contributed by atoms with Crippen molar-refractivity contribution < 1.29 is 19.0 Å². The number of amides is 1. The second-order valence-electron chi connectivity index (χ2n) is 6.22. The quantitative estimate of drug-likeness (QED) is 0.380. The van der Waals surface area contributed by atoms with Crippen LogP contribution in [-0.2, 0) is 6.61 Å². The molecular weight excluding hydrogens is 448 g/mol. The third-order valence-corrected chi connectivity index (χ3v) is 4.77. The molecule has 1 amide bonds. The second kappa shape index (κ2) is 10.5. The van der Waals surface area contributed by atoms with Gasteiger partial charge in [-0.3, -0.25) is 4.79 Å². The van der Waals surface area contributed by atoms with Crippen LogP contribution in [0.15, 0.2) is 76.3 Å². The van der Waals surface area contributed by atoms with Gasteiger partial charge in [0.2, 0.25) is 0 Å². The number of halogens is 1. The number of hydrogen-bond acceptors (Lipinski definition) is 5. The van der Waals surface area contributed by atoms with Gasteiger partial charge in [0.25, 0.3) is 5.91 Å². The molecule has 0 aromatic heterocycles. The lowest BCUT2D eigenvalue weighted by molar-refractivity contribution is 0.0954. The van der Waals surface area contributed by atoms with Gasteiger partial charge in [-0.1, -0.05) is 40.2 Å². The number of methoxy groups -OCH3 is 2. The van der Waals surface area contributed by atoms with Crippen molar-refractivity contribution >= 4 is 28.1 Å². The van der Waals surface area contributed by atoms with Gasteiger partial charge in [-0.2, -0.15) is 5.10 Å². The first kappa shape index (κ1) is 21.4. The Kier molecular flexibility index (Phi) is 7.45. The number of nitrogens with one attached hydrogen (secondary N) is 1. The van der Waals surface area contributed by atoms with Gasteiger partial charge >= 0.3 is 0 Å². The molecule has 0 atom stereocenters. The minimum absolute atomic E-state index is 0.361. The summed E-state index contributed by atoms with van der Waals surface area (Å²) in [6.45, 7) is 0.427. The lowest BCUT2D eigenvalue weighted by Crippen LogP contribution is -2.17. The lowest BCUT2D eigenvalue weighted by Gasteiger charge is -2.09. The van der Waals surface area contributed by atoms with E-state index >= 15 is 0 Å². The molecule has 0 aliphatic heterocycles. The van der Waals surface area contributed by atoms with Crippen molar-refractivity contribution in [2.24, 2.45) is 5.10 Å². The van der Waals surface area contributed by atoms with Gasteiger partial charge in [0.1, 0.15) is 12.4 Å². The number of carbonyl (C=O) groups is 1. The standard InChI is InChI=1S/C23H21BrN2O4/c1-28-21-12-9-17(13-22(21)29-2)23(27)26-25-14-18-5-3-4-6-20(18)30-15-16-7-10-19(24)11-8-16/h3-14H,15H2,1-2H3,(H,26,27). The molecule has 0 spiro atoms. The van der Waals surface area contributed by atoms with Crippen molar-refractivity contribution in [1.29, 1.82) is 0 Å². The Morgan fingerprint density at radius 1 is 0.967 bits per heavy atom. The predicted molar refractivity (Wildman–Crippen MR) is 120 cm³/mol. The molecule has 0 aliphatic carbocycles. The van der Waals surface area contributed by atoms with Crippen molar-refractivity contribution in [1.82, 2.24) is 5.43 Å². The molecule has 154 valence electrons. The Balaban J connectivity index is 1.65. The Hall–Kier alpha value is -3.32. The normalized spacial score (nSPS) is 10.6. The molecule has 0 bridgehead atoms. The maximum atomic E-state index is 12.4. The summed E-state index contributed by atoms with van der Waals surface area (Å²) in [5, 5.41) is 4.06. The summed E-state index contributed by atoms with van der Waals surface area (Å²) in [6.07, 6.45) is 1.55. The van der Waals surface area contributed by atoms with E-state index in [4.69, 9.17) is 14.2 Å². The number of hydrogen-bond donors (Lipinski definition) is 1. The molecule has 0 aliphatic rings. The van der Waals surface area contributed by atoms with E-state index in [0.29, 0.717) is 29.4 Å². The smallest absolute Gasteiger partial charge is 0.271 e. The fourth-order valence-electron chi connectivity index (χ4n) is 2.66. The molecule has 0 saturated heterocycles. The van der Waals surface area contributed by atoms with E-state index in [2.05, 4.69) is 26.5 Å².